The molecule has 0 bridgehead atoms. The normalized spacial score (nSPS) is 26.0. The lowest BCUT2D eigenvalue weighted by atomic mass is 9.75. The third-order valence-corrected chi connectivity index (χ3v) is 4.27. The lowest BCUT2D eigenvalue weighted by Crippen LogP contribution is -2.33. The molecule has 0 radical (unpaired) electrons. The molecule has 0 saturated heterocycles. The van der Waals surface area contributed by atoms with E-state index in [0.29, 0.717) is 24.2 Å². The molecule has 94 valence electrons. The van der Waals surface area contributed by atoms with E-state index in [1.165, 1.54) is 12.8 Å². The zero-order chi connectivity index (χ0) is 12.0. The Morgan fingerprint density at radius 2 is 1.88 bits per heavy atom. The van der Waals surface area contributed by atoms with Crippen LogP contribution in [0.4, 0.5) is 0 Å². The topological polar surface area (TPSA) is 43.1 Å². The van der Waals surface area contributed by atoms with Crippen molar-refractivity contribution in [2.45, 2.75) is 58.8 Å². The maximum Gasteiger partial charge on any atom is 0.136 e. The fourth-order valence-corrected chi connectivity index (χ4v) is 2.93. The van der Waals surface area contributed by atoms with Crippen LogP contribution in [-0.4, -0.2) is 12.3 Å². The van der Waals surface area contributed by atoms with E-state index < -0.39 is 0 Å². The van der Waals surface area contributed by atoms with Gasteiger partial charge in [0.25, 0.3) is 0 Å². The molecule has 1 fully saturated rings. The number of carbonyl (C=O) groups is 1. The first kappa shape index (κ1) is 13.7. The molecule has 0 heterocycles. The Labute approximate surface area is 100.0 Å². The minimum Gasteiger partial charge on any atom is -0.330 e. The van der Waals surface area contributed by atoms with Gasteiger partial charge >= 0.3 is 0 Å². The van der Waals surface area contributed by atoms with Gasteiger partial charge in [0.1, 0.15) is 5.78 Å². The lowest BCUT2D eigenvalue weighted by molar-refractivity contribution is -0.126. The maximum absolute atomic E-state index is 12.2. The van der Waals surface area contributed by atoms with E-state index in [1.54, 1.807) is 0 Å². The average molecular weight is 225 g/mol. The van der Waals surface area contributed by atoms with Crippen molar-refractivity contribution >= 4 is 5.78 Å². The van der Waals surface area contributed by atoms with Gasteiger partial charge in [-0.2, -0.15) is 0 Å². The van der Waals surface area contributed by atoms with Gasteiger partial charge in [-0.1, -0.05) is 39.5 Å². The first-order valence-electron chi connectivity index (χ1n) is 6.95. The van der Waals surface area contributed by atoms with Gasteiger partial charge in [0.2, 0.25) is 0 Å². The highest BCUT2D eigenvalue weighted by Gasteiger charge is 2.30. The van der Waals surface area contributed by atoms with Crippen LogP contribution >= 0.6 is 0 Å². The van der Waals surface area contributed by atoms with Gasteiger partial charge in [-0.3, -0.25) is 4.79 Å². The molecular weight excluding hydrogens is 198 g/mol. The van der Waals surface area contributed by atoms with Crippen LogP contribution in [0.2, 0.25) is 0 Å². The van der Waals surface area contributed by atoms with Crippen molar-refractivity contribution < 1.29 is 4.79 Å². The fourth-order valence-electron chi connectivity index (χ4n) is 2.93. The predicted molar refractivity (Wildman–Crippen MR) is 68.2 cm³/mol. The molecule has 1 saturated carbocycles. The Morgan fingerprint density at radius 3 is 2.44 bits per heavy atom. The number of rotatable bonds is 6. The Morgan fingerprint density at radius 1 is 1.25 bits per heavy atom. The van der Waals surface area contributed by atoms with Crippen LogP contribution in [0.15, 0.2) is 0 Å². The molecule has 2 atom stereocenters. The Kier molecular flexibility index (Phi) is 6.04. The summed E-state index contributed by atoms with van der Waals surface area (Å²) in [6.45, 7) is 5.06. The van der Waals surface area contributed by atoms with E-state index in [1.807, 2.05) is 0 Å². The van der Waals surface area contributed by atoms with E-state index in [-0.39, 0.29) is 5.92 Å². The van der Waals surface area contributed by atoms with E-state index >= 15 is 0 Å². The molecule has 0 aromatic rings. The summed E-state index contributed by atoms with van der Waals surface area (Å²) in [5.41, 5.74) is 5.78. The highest BCUT2D eigenvalue weighted by Crippen LogP contribution is 2.32. The molecule has 1 aliphatic carbocycles. The van der Waals surface area contributed by atoms with Crippen molar-refractivity contribution in [3.63, 3.8) is 0 Å². The molecular formula is C14H27NO. The van der Waals surface area contributed by atoms with Gasteiger partial charge in [-0.05, 0) is 31.2 Å². The van der Waals surface area contributed by atoms with Crippen molar-refractivity contribution in [3.05, 3.63) is 0 Å². The zero-order valence-corrected chi connectivity index (χ0v) is 10.9. The second-order valence-corrected chi connectivity index (χ2v) is 5.24. The quantitative estimate of drug-likeness (QED) is 0.754. The van der Waals surface area contributed by atoms with Crippen molar-refractivity contribution in [1.29, 1.82) is 0 Å². The fraction of sp³-hybridized carbons (Fsp3) is 0.929. The van der Waals surface area contributed by atoms with Crippen LogP contribution in [-0.2, 0) is 4.79 Å². The smallest absolute Gasteiger partial charge is 0.136 e. The molecule has 2 heteroatoms. The molecule has 0 spiro atoms. The number of nitrogens with two attached hydrogens (primary N) is 1. The number of Topliss-reactive ketones (excluding diaryl/α,β-unsaturated/α-hetero) is 1. The molecule has 0 aromatic carbocycles. The zero-order valence-electron chi connectivity index (χ0n) is 10.9. The summed E-state index contributed by atoms with van der Waals surface area (Å²) in [4.78, 5) is 12.2. The summed E-state index contributed by atoms with van der Waals surface area (Å²) >= 11 is 0. The van der Waals surface area contributed by atoms with Crippen molar-refractivity contribution in [2.24, 2.45) is 23.5 Å². The number of carbonyl (C=O) groups excluding carboxylic acids is 1. The molecule has 0 amide bonds. The Bertz CT molecular complexity index is 211. The minimum absolute atomic E-state index is 0.277. The molecule has 2 nitrogen and oxygen atoms in total. The summed E-state index contributed by atoms with van der Waals surface area (Å²) < 4.78 is 0. The first-order chi connectivity index (χ1) is 7.72. The number of ketones is 1. The average Bonchev–Trinajstić information content (AvgIpc) is 2.35. The Hall–Kier alpha value is -0.370. The van der Waals surface area contributed by atoms with Crippen LogP contribution in [0.25, 0.3) is 0 Å². The summed E-state index contributed by atoms with van der Waals surface area (Å²) in [6.07, 6.45) is 7.77. The third kappa shape index (κ3) is 3.58. The van der Waals surface area contributed by atoms with E-state index in [4.69, 9.17) is 5.73 Å². The molecule has 0 aromatic heterocycles. The van der Waals surface area contributed by atoms with Gasteiger partial charge in [0.15, 0.2) is 0 Å². The van der Waals surface area contributed by atoms with Crippen molar-refractivity contribution in [2.75, 3.05) is 6.54 Å². The minimum atomic E-state index is 0.277. The van der Waals surface area contributed by atoms with Crippen LogP contribution in [0.3, 0.4) is 0 Å². The van der Waals surface area contributed by atoms with Crippen LogP contribution in [0, 0.1) is 17.8 Å². The summed E-state index contributed by atoms with van der Waals surface area (Å²) in [5, 5.41) is 0. The summed E-state index contributed by atoms with van der Waals surface area (Å²) in [6, 6.07) is 0. The SMILES string of the molecule is CCC(CC)CC(=O)C1CCCCC1CN. The monoisotopic (exact) mass is 225 g/mol. The maximum atomic E-state index is 12.2. The van der Waals surface area contributed by atoms with E-state index in [2.05, 4.69) is 13.8 Å². The van der Waals surface area contributed by atoms with Crippen LogP contribution in [0.5, 0.6) is 0 Å². The highest BCUT2D eigenvalue weighted by atomic mass is 16.1. The first-order valence-corrected chi connectivity index (χ1v) is 6.95. The molecule has 1 aliphatic rings. The van der Waals surface area contributed by atoms with E-state index in [9.17, 15) is 4.79 Å². The van der Waals surface area contributed by atoms with Crippen LogP contribution in [0.1, 0.15) is 58.8 Å². The second kappa shape index (κ2) is 7.05. The summed E-state index contributed by atoms with van der Waals surface area (Å²) in [7, 11) is 0. The Balaban J connectivity index is 2.50. The van der Waals surface area contributed by atoms with Gasteiger partial charge in [-0.15, -0.1) is 0 Å². The molecule has 1 rings (SSSR count). The lowest BCUT2D eigenvalue weighted by Gasteiger charge is -2.30. The largest absolute Gasteiger partial charge is 0.330 e. The van der Waals surface area contributed by atoms with Gasteiger partial charge in [-0.25, -0.2) is 0 Å². The second-order valence-electron chi connectivity index (χ2n) is 5.24. The summed E-state index contributed by atoms with van der Waals surface area (Å²) in [5.74, 6) is 1.83. The molecule has 2 N–H and O–H groups in total. The molecule has 2 unspecified atom stereocenters. The highest BCUT2D eigenvalue weighted by molar-refractivity contribution is 5.81. The number of hydrogen-bond donors (Lipinski definition) is 1. The van der Waals surface area contributed by atoms with Crippen LogP contribution < -0.4 is 5.73 Å². The number of hydrogen-bond acceptors (Lipinski definition) is 2. The molecule has 0 aliphatic heterocycles. The van der Waals surface area contributed by atoms with Crippen molar-refractivity contribution in [3.8, 4) is 0 Å². The third-order valence-electron chi connectivity index (χ3n) is 4.27. The van der Waals surface area contributed by atoms with Gasteiger partial charge < -0.3 is 5.73 Å². The van der Waals surface area contributed by atoms with Gasteiger partial charge in [0, 0.05) is 12.3 Å². The molecule has 16 heavy (non-hydrogen) atoms. The van der Waals surface area contributed by atoms with Crippen molar-refractivity contribution in [1.82, 2.24) is 0 Å². The standard InChI is InChI=1S/C14H27NO/c1-3-11(4-2)9-14(16)13-8-6-5-7-12(13)10-15/h11-13H,3-10,15H2,1-2H3. The van der Waals surface area contributed by atoms with E-state index in [0.717, 1.165) is 32.1 Å². The predicted octanol–water partition coefficient (Wildman–Crippen LogP) is 3.15. The van der Waals surface area contributed by atoms with Gasteiger partial charge in [0.05, 0.1) is 0 Å².